The summed E-state index contributed by atoms with van der Waals surface area (Å²) in [5, 5.41) is 0. The van der Waals surface area contributed by atoms with E-state index in [0.29, 0.717) is 41.5 Å². The molecule has 1 unspecified atom stereocenters. The normalized spacial score (nSPS) is 17.9. The first-order valence-electron chi connectivity index (χ1n) is 10.1. The van der Waals surface area contributed by atoms with Gasteiger partial charge in [-0.25, -0.2) is 8.42 Å². The number of nitrogens with zero attached hydrogens (tertiary/aromatic N) is 1. The lowest BCUT2D eigenvalue weighted by Gasteiger charge is -2.37. The number of aryl methyl sites for hydroxylation is 1. The second kappa shape index (κ2) is 7.42. The van der Waals surface area contributed by atoms with Gasteiger partial charge in [-0.3, -0.25) is 9.10 Å². The van der Waals surface area contributed by atoms with Crippen molar-refractivity contribution in [2.45, 2.75) is 24.3 Å². The molecule has 1 atom stereocenters. The van der Waals surface area contributed by atoms with Crippen LogP contribution >= 0.6 is 0 Å². The molecule has 0 fully saturated rings. The summed E-state index contributed by atoms with van der Waals surface area (Å²) >= 11 is 0. The van der Waals surface area contributed by atoms with Gasteiger partial charge in [0, 0.05) is 12.0 Å². The van der Waals surface area contributed by atoms with Gasteiger partial charge in [0.2, 0.25) is 0 Å². The number of fused-ring (bicyclic) bond motifs is 2. The maximum Gasteiger partial charge on any atom is 0.264 e. The molecule has 31 heavy (non-hydrogen) atoms. The summed E-state index contributed by atoms with van der Waals surface area (Å²) in [6, 6.07) is 18.3. The lowest BCUT2D eigenvalue weighted by Crippen LogP contribution is -2.40. The third-order valence-electron chi connectivity index (χ3n) is 5.63. The van der Waals surface area contributed by atoms with Crippen molar-refractivity contribution < 1.29 is 22.7 Å². The molecular formula is C24H21NO5S. The minimum absolute atomic E-state index is 0.0434. The van der Waals surface area contributed by atoms with E-state index in [9.17, 15) is 13.2 Å². The minimum Gasteiger partial charge on any atom is -0.486 e. The SMILES string of the molecule is Cc1ccc(S(=O)(=O)N2c3ccccc3C(=O)CC2c2ccc3c(c2)OCCO3)cc1. The zero-order valence-corrected chi connectivity index (χ0v) is 17.8. The van der Waals surface area contributed by atoms with Crippen LogP contribution in [0.4, 0.5) is 5.69 Å². The summed E-state index contributed by atoms with van der Waals surface area (Å²) in [6.45, 7) is 2.80. The third-order valence-corrected chi connectivity index (χ3v) is 7.47. The maximum atomic E-state index is 13.8. The fourth-order valence-electron chi connectivity index (χ4n) is 4.08. The van der Waals surface area contributed by atoms with Crippen LogP contribution in [0, 0.1) is 6.92 Å². The largest absolute Gasteiger partial charge is 0.486 e. The van der Waals surface area contributed by atoms with Crippen molar-refractivity contribution in [1.82, 2.24) is 0 Å². The topological polar surface area (TPSA) is 72.9 Å². The first-order valence-corrected chi connectivity index (χ1v) is 11.5. The summed E-state index contributed by atoms with van der Waals surface area (Å²) in [5.41, 5.74) is 2.45. The Kier molecular flexibility index (Phi) is 4.70. The number of ether oxygens (including phenoxy) is 2. The number of sulfonamides is 1. The number of carbonyl (C=O) groups excluding carboxylic acids is 1. The Balaban J connectivity index is 1.68. The summed E-state index contributed by atoms with van der Waals surface area (Å²) in [5.74, 6) is 1.08. The quantitative estimate of drug-likeness (QED) is 0.614. The predicted octanol–water partition coefficient (Wildman–Crippen LogP) is 4.29. The van der Waals surface area contributed by atoms with E-state index in [1.165, 1.54) is 4.31 Å². The average molecular weight is 436 g/mol. The van der Waals surface area contributed by atoms with Crippen LogP contribution in [0.25, 0.3) is 0 Å². The van der Waals surface area contributed by atoms with E-state index in [4.69, 9.17) is 9.47 Å². The molecule has 158 valence electrons. The number of Topliss-reactive ketones (excluding diaryl/α,β-unsaturated/α-hetero) is 1. The molecule has 5 rings (SSSR count). The Morgan fingerprint density at radius 3 is 2.39 bits per heavy atom. The Morgan fingerprint density at radius 1 is 0.903 bits per heavy atom. The van der Waals surface area contributed by atoms with Crippen molar-refractivity contribution >= 4 is 21.5 Å². The van der Waals surface area contributed by atoms with E-state index >= 15 is 0 Å². The van der Waals surface area contributed by atoms with Crippen molar-refractivity contribution in [1.29, 1.82) is 0 Å². The molecule has 0 radical (unpaired) electrons. The van der Waals surface area contributed by atoms with Gasteiger partial charge < -0.3 is 9.47 Å². The van der Waals surface area contributed by atoms with Gasteiger partial charge in [-0.05, 0) is 48.9 Å². The second-order valence-electron chi connectivity index (χ2n) is 7.68. The predicted molar refractivity (Wildman–Crippen MR) is 116 cm³/mol. The highest BCUT2D eigenvalue weighted by Gasteiger charge is 2.40. The van der Waals surface area contributed by atoms with Gasteiger partial charge in [-0.1, -0.05) is 35.9 Å². The van der Waals surface area contributed by atoms with Crippen LogP contribution in [-0.2, 0) is 10.0 Å². The van der Waals surface area contributed by atoms with Gasteiger partial charge in [-0.15, -0.1) is 0 Å². The molecule has 0 saturated carbocycles. The zero-order valence-electron chi connectivity index (χ0n) is 16.9. The van der Waals surface area contributed by atoms with E-state index in [-0.39, 0.29) is 17.1 Å². The lowest BCUT2D eigenvalue weighted by atomic mass is 9.92. The highest BCUT2D eigenvalue weighted by Crippen LogP contribution is 2.44. The highest BCUT2D eigenvalue weighted by atomic mass is 32.2. The van der Waals surface area contributed by atoms with E-state index in [1.807, 2.05) is 6.92 Å². The van der Waals surface area contributed by atoms with Crippen LogP contribution in [-0.4, -0.2) is 27.4 Å². The number of hydrogen-bond donors (Lipinski definition) is 0. The monoisotopic (exact) mass is 435 g/mol. The Morgan fingerprint density at radius 2 is 1.61 bits per heavy atom. The minimum atomic E-state index is -3.93. The number of rotatable bonds is 3. The molecule has 0 saturated heterocycles. The molecular weight excluding hydrogens is 414 g/mol. The van der Waals surface area contributed by atoms with Crippen LogP contribution in [0.15, 0.2) is 71.6 Å². The Hall–Kier alpha value is -3.32. The van der Waals surface area contributed by atoms with Gasteiger partial charge in [0.1, 0.15) is 13.2 Å². The van der Waals surface area contributed by atoms with E-state index in [0.717, 1.165) is 5.56 Å². The molecule has 2 aliphatic heterocycles. The molecule has 0 bridgehead atoms. The summed E-state index contributed by atoms with van der Waals surface area (Å²) in [4.78, 5) is 13.1. The van der Waals surface area contributed by atoms with Gasteiger partial charge >= 0.3 is 0 Å². The molecule has 2 heterocycles. The maximum absolute atomic E-state index is 13.8. The van der Waals surface area contributed by atoms with E-state index < -0.39 is 16.1 Å². The number of anilines is 1. The molecule has 7 heteroatoms. The lowest BCUT2D eigenvalue weighted by molar-refractivity contribution is 0.0969. The zero-order chi connectivity index (χ0) is 21.6. The summed E-state index contributed by atoms with van der Waals surface area (Å²) in [6.07, 6.45) is 0.0434. The van der Waals surface area contributed by atoms with E-state index in [1.54, 1.807) is 66.7 Å². The number of benzene rings is 3. The highest BCUT2D eigenvalue weighted by molar-refractivity contribution is 7.92. The van der Waals surface area contributed by atoms with Gasteiger partial charge in [0.05, 0.1) is 16.6 Å². The molecule has 0 spiro atoms. The van der Waals surface area contributed by atoms with Crippen molar-refractivity contribution in [2.24, 2.45) is 0 Å². The fourth-order valence-corrected chi connectivity index (χ4v) is 5.74. The number of para-hydroxylation sites is 1. The van der Waals surface area contributed by atoms with Gasteiger partial charge in [0.25, 0.3) is 10.0 Å². The first-order chi connectivity index (χ1) is 14.9. The molecule has 6 nitrogen and oxygen atoms in total. The van der Waals surface area contributed by atoms with Crippen molar-refractivity contribution in [3.63, 3.8) is 0 Å². The molecule has 0 aromatic heterocycles. The Bertz CT molecular complexity index is 1270. The summed E-state index contributed by atoms with van der Waals surface area (Å²) < 4.78 is 40.3. The van der Waals surface area contributed by atoms with E-state index in [2.05, 4.69) is 0 Å². The second-order valence-corrected chi connectivity index (χ2v) is 9.49. The average Bonchev–Trinajstić information content (AvgIpc) is 2.79. The molecule has 3 aromatic rings. The van der Waals surface area contributed by atoms with Gasteiger partial charge in [-0.2, -0.15) is 0 Å². The summed E-state index contributed by atoms with van der Waals surface area (Å²) in [7, 11) is -3.93. The van der Waals surface area contributed by atoms with Crippen LogP contribution in [0.5, 0.6) is 11.5 Å². The smallest absolute Gasteiger partial charge is 0.264 e. The Labute approximate surface area is 181 Å². The molecule has 0 N–H and O–H groups in total. The molecule has 2 aliphatic rings. The van der Waals surface area contributed by atoms with Crippen LogP contribution in [0.1, 0.15) is 33.9 Å². The fraction of sp³-hybridized carbons (Fsp3) is 0.208. The van der Waals surface area contributed by atoms with Crippen molar-refractivity contribution in [3.05, 3.63) is 83.4 Å². The standard InChI is InChI=1S/C24H21NO5S/c1-16-6-9-18(10-7-16)31(27,28)25-20-5-3-2-4-19(20)22(26)15-21(25)17-8-11-23-24(14-17)30-13-12-29-23/h2-11,14,21H,12-13,15H2,1H3. The molecule has 3 aromatic carbocycles. The molecule has 0 amide bonds. The van der Waals surface area contributed by atoms with Gasteiger partial charge in [0.15, 0.2) is 17.3 Å². The van der Waals surface area contributed by atoms with Crippen LogP contribution in [0.3, 0.4) is 0 Å². The number of ketones is 1. The van der Waals surface area contributed by atoms with Crippen LogP contribution in [0.2, 0.25) is 0 Å². The first kappa shape index (κ1) is 19.6. The van der Waals surface area contributed by atoms with Crippen LogP contribution < -0.4 is 13.8 Å². The third kappa shape index (κ3) is 3.35. The molecule has 0 aliphatic carbocycles. The van der Waals surface area contributed by atoms with Crippen molar-refractivity contribution in [2.75, 3.05) is 17.5 Å². The number of hydrogen-bond acceptors (Lipinski definition) is 5. The number of carbonyl (C=O) groups is 1. The van der Waals surface area contributed by atoms with Crippen molar-refractivity contribution in [3.8, 4) is 11.5 Å².